The summed E-state index contributed by atoms with van der Waals surface area (Å²) in [5, 5.41) is 13.9. The molecule has 0 amide bonds. The molecule has 0 aliphatic heterocycles. The van der Waals surface area contributed by atoms with Crippen LogP contribution in [0.25, 0.3) is 23.3 Å². The number of hydrogen-bond acceptors (Lipinski definition) is 4. The van der Waals surface area contributed by atoms with Crippen LogP contribution in [0.3, 0.4) is 0 Å². The van der Waals surface area contributed by atoms with Crippen LogP contribution in [-0.4, -0.2) is 82.1 Å². The highest BCUT2D eigenvalue weighted by Gasteiger charge is 2.67. The number of alkyl halides is 32. The Morgan fingerprint density at radius 2 is 0.533 bits per heavy atom. The van der Waals surface area contributed by atoms with Gasteiger partial charge in [0.1, 0.15) is 34.4 Å². The maximum absolute atomic E-state index is 13.7. The molecule has 90 heavy (non-hydrogen) atoms. The minimum absolute atomic E-state index is 0.0984. The third kappa shape index (κ3) is 14.4. The molecule has 46 heteroatoms. The van der Waals surface area contributed by atoms with E-state index < -0.39 is 141 Å². The van der Waals surface area contributed by atoms with E-state index in [0.717, 1.165) is 77.8 Å². The molecular formula is C44H26Br2F32N12. The van der Waals surface area contributed by atoms with Crippen molar-refractivity contribution in [1.82, 2.24) is 57.4 Å². The summed E-state index contributed by atoms with van der Waals surface area (Å²) in [6, 6.07) is 2.38. The quantitative estimate of drug-likeness (QED) is 0.142. The summed E-state index contributed by atoms with van der Waals surface area (Å²) >= 11 is 5.80. The normalized spacial score (nSPS) is 13.7. The number of aryl methyl sites for hydroxylation is 4. The van der Waals surface area contributed by atoms with Crippen molar-refractivity contribution < 1.29 is 140 Å². The topological polar surface area (TPSA) is 91.0 Å². The van der Waals surface area contributed by atoms with E-state index in [-0.39, 0.29) is 33.7 Å². The van der Waals surface area contributed by atoms with Crippen LogP contribution in [0.15, 0.2) is 95.4 Å². The standard InChI is InChI=1S/2C11H6BrF8N3.2C11H7F8N3/c1-22-4-6(10(15,16)17)7(9(13,14)11(18,19)20)8(22)23-3-5(12)2-21-23;1-22-4-6(9(13,14)11(18,19)20)7(10(15,16)17)8(22)23-3-5(12)2-21-23;1-21-5-6(10(14,15)16)7(9(12,13)11(17,18)19)8(21)22-4-2-3-20-22;1-21-5-6(9(12,13)11(17,18)19)7(10(14,15)16)8(21)22-4-2-3-20-22/h2*2-4H,1H3;2*2-5H,1H3. The second kappa shape index (κ2) is 24.1. The van der Waals surface area contributed by atoms with Crippen molar-refractivity contribution in [3.8, 4) is 23.3 Å². The van der Waals surface area contributed by atoms with Crippen molar-refractivity contribution in [2.75, 3.05) is 0 Å². The highest BCUT2D eigenvalue weighted by molar-refractivity contribution is 9.10. The van der Waals surface area contributed by atoms with Crippen LogP contribution in [0, 0.1) is 0 Å². The highest BCUT2D eigenvalue weighted by atomic mass is 79.9. The van der Waals surface area contributed by atoms with Gasteiger partial charge in [-0.15, -0.1) is 0 Å². The van der Waals surface area contributed by atoms with Crippen molar-refractivity contribution in [3.05, 3.63) is 140 Å². The molecule has 0 spiro atoms. The predicted molar refractivity (Wildman–Crippen MR) is 245 cm³/mol. The molecule has 0 N–H and O–H groups in total. The van der Waals surface area contributed by atoms with E-state index in [4.69, 9.17) is 0 Å². The molecule has 8 aromatic heterocycles. The van der Waals surface area contributed by atoms with Gasteiger partial charge in [-0.1, -0.05) is 0 Å². The Morgan fingerprint density at radius 3 is 0.744 bits per heavy atom. The number of halogens is 34. The lowest BCUT2D eigenvalue weighted by Gasteiger charge is -2.22. The molecule has 0 radical (unpaired) electrons. The van der Waals surface area contributed by atoms with Crippen LogP contribution in [0.2, 0.25) is 0 Å². The molecule has 0 bridgehead atoms. The fourth-order valence-electron chi connectivity index (χ4n) is 7.86. The predicted octanol–water partition coefficient (Wildman–Crippen LogP) is 17.1. The zero-order valence-electron chi connectivity index (χ0n) is 43.3. The summed E-state index contributed by atoms with van der Waals surface area (Å²) in [6.45, 7) is 0. The molecule has 12 nitrogen and oxygen atoms in total. The van der Waals surface area contributed by atoms with E-state index in [1.165, 1.54) is 12.1 Å². The number of rotatable bonds is 8. The zero-order valence-corrected chi connectivity index (χ0v) is 46.5. The number of hydrogen-bond donors (Lipinski definition) is 0. The fourth-order valence-corrected chi connectivity index (χ4v) is 8.43. The Hall–Kier alpha value is -7.32. The van der Waals surface area contributed by atoms with E-state index in [1.54, 1.807) is 0 Å². The van der Waals surface area contributed by atoms with Gasteiger partial charge in [0.25, 0.3) is 0 Å². The van der Waals surface area contributed by atoms with Gasteiger partial charge >= 0.3 is 73.1 Å². The average Bonchev–Trinajstić information content (AvgIpc) is 1.89. The minimum atomic E-state index is -6.20. The largest absolute Gasteiger partial charge is 0.458 e. The van der Waals surface area contributed by atoms with Crippen LogP contribution < -0.4 is 0 Å². The molecule has 0 atom stereocenters. The van der Waals surface area contributed by atoms with Crippen molar-refractivity contribution in [2.24, 2.45) is 28.2 Å². The number of aromatic nitrogens is 12. The van der Waals surface area contributed by atoms with Gasteiger partial charge in [0, 0.05) is 90.2 Å². The van der Waals surface area contributed by atoms with Crippen LogP contribution in [0.4, 0.5) is 140 Å². The van der Waals surface area contributed by atoms with E-state index in [0.29, 0.717) is 37.0 Å². The summed E-state index contributed by atoms with van der Waals surface area (Å²) in [5.41, 5.74) is -17.1. The van der Waals surface area contributed by atoms with Gasteiger partial charge in [0.05, 0.1) is 54.7 Å². The van der Waals surface area contributed by atoms with Crippen LogP contribution >= 0.6 is 31.9 Å². The van der Waals surface area contributed by atoms with Gasteiger partial charge in [0.15, 0.2) is 0 Å². The highest BCUT2D eigenvalue weighted by Crippen LogP contribution is 2.55. The molecule has 0 aliphatic rings. The summed E-state index contributed by atoms with van der Waals surface area (Å²) in [7, 11) is 3.66. The first kappa shape index (κ1) is 73.4. The maximum atomic E-state index is 13.7. The van der Waals surface area contributed by atoms with Crippen molar-refractivity contribution in [1.29, 1.82) is 0 Å². The molecular weight excluding hydrogens is 1460 g/mol. The molecule has 0 aromatic carbocycles. The molecule has 8 rings (SSSR count). The Morgan fingerprint density at radius 1 is 0.289 bits per heavy atom. The lowest BCUT2D eigenvalue weighted by molar-refractivity contribution is -0.291. The maximum Gasteiger partial charge on any atom is 0.458 e. The van der Waals surface area contributed by atoms with E-state index in [9.17, 15) is 140 Å². The zero-order chi connectivity index (χ0) is 69.4. The lowest BCUT2D eigenvalue weighted by atomic mass is 10.1. The molecule has 8 aromatic rings. The molecule has 0 saturated carbocycles. The molecule has 0 unspecified atom stereocenters. The monoisotopic (exact) mass is 1490 g/mol. The Balaban J connectivity index is 0.000000218. The summed E-state index contributed by atoms with van der Waals surface area (Å²) < 4.78 is 420. The minimum Gasteiger partial charge on any atom is -0.335 e. The van der Waals surface area contributed by atoms with Gasteiger partial charge in [-0.25, -0.2) is 18.7 Å². The van der Waals surface area contributed by atoms with E-state index >= 15 is 0 Å². The van der Waals surface area contributed by atoms with Gasteiger partial charge in [0.2, 0.25) is 0 Å². The Kier molecular flexibility index (Phi) is 19.6. The van der Waals surface area contributed by atoms with Crippen molar-refractivity contribution in [2.45, 2.75) is 73.1 Å². The Labute approximate surface area is 493 Å². The van der Waals surface area contributed by atoms with Crippen molar-refractivity contribution in [3.63, 3.8) is 0 Å². The molecule has 0 aliphatic carbocycles. The van der Waals surface area contributed by atoms with E-state index in [2.05, 4.69) is 52.3 Å². The summed E-state index contributed by atoms with van der Waals surface area (Å²) in [4.78, 5) is 0. The van der Waals surface area contributed by atoms with Crippen molar-refractivity contribution >= 4 is 31.9 Å². The fraction of sp³-hybridized carbons (Fsp3) is 0.364. The van der Waals surface area contributed by atoms with Gasteiger partial charge in [-0.05, 0) is 44.0 Å². The van der Waals surface area contributed by atoms with Gasteiger partial charge in [-0.2, -0.15) is 161 Å². The molecule has 0 fully saturated rings. The number of nitrogens with zero attached hydrogens (tertiary/aromatic N) is 12. The first-order valence-corrected chi connectivity index (χ1v) is 24.1. The molecule has 500 valence electrons. The Bertz CT molecular complexity index is 3750. The first-order chi connectivity index (χ1) is 40.3. The average molecular weight is 1490 g/mol. The second-order valence-corrected chi connectivity index (χ2v) is 19.6. The molecule has 0 saturated heterocycles. The first-order valence-electron chi connectivity index (χ1n) is 22.5. The summed E-state index contributed by atoms with van der Waals surface area (Å²) in [5.74, 6) is -26.7. The van der Waals surface area contributed by atoms with Gasteiger partial charge < -0.3 is 18.3 Å². The third-order valence-corrected chi connectivity index (χ3v) is 12.3. The van der Waals surface area contributed by atoms with Crippen LogP contribution in [0.1, 0.15) is 44.5 Å². The summed E-state index contributed by atoms with van der Waals surface area (Å²) in [6.07, 6.45) is -37.7. The third-order valence-electron chi connectivity index (χ3n) is 11.5. The van der Waals surface area contributed by atoms with E-state index in [1.807, 2.05) is 0 Å². The smallest absolute Gasteiger partial charge is 0.335 e. The van der Waals surface area contributed by atoms with Gasteiger partial charge in [-0.3, -0.25) is 0 Å². The lowest BCUT2D eigenvalue weighted by Crippen LogP contribution is -2.36. The SMILES string of the molecule is Cn1cc(C(F)(F)C(F)(F)F)c(C(F)(F)F)c1-n1cc(Br)cn1.Cn1cc(C(F)(F)C(F)(F)F)c(C(F)(F)F)c1-n1cccn1.Cn1cc(C(F)(F)F)c(C(F)(F)C(F)(F)F)c1-n1cc(Br)cn1.Cn1cc(C(F)(F)F)c(C(F)(F)C(F)(F)F)c1-n1cccn1. The van der Waals surface area contributed by atoms with Crippen LogP contribution in [-0.2, 0) is 76.6 Å². The van der Waals surface area contributed by atoms with Crippen LogP contribution in [0.5, 0.6) is 0 Å². The molecule has 8 heterocycles. The second-order valence-electron chi connectivity index (χ2n) is 17.8.